The van der Waals surface area contributed by atoms with Gasteiger partial charge in [0.2, 0.25) is 5.91 Å². The van der Waals surface area contributed by atoms with Crippen molar-refractivity contribution in [2.75, 3.05) is 14.2 Å². The summed E-state index contributed by atoms with van der Waals surface area (Å²) in [6, 6.07) is 9.06. The van der Waals surface area contributed by atoms with Gasteiger partial charge < -0.3 is 14.8 Å². The maximum Gasteiger partial charge on any atom is 0.328 e. The van der Waals surface area contributed by atoms with Gasteiger partial charge in [-0.3, -0.25) is 4.79 Å². The molecule has 0 spiro atoms. The Morgan fingerprint density at radius 3 is 2.54 bits per heavy atom. The molecule has 7 heteroatoms. The number of nitrogens with one attached hydrogen (secondary N) is 1. The van der Waals surface area contributed by atoms with Crippen LogP contribution >= 0.6 is 0 Å². The van der Waals surface area contributed by atoms with Crippen LogP contribution in [0.1, 0.15) is 11.1 Å². The first kappa shape index (κ1) is 19.4. The Labute approximate surface area is 149 Å². The normalized spacial score (nSPS) is 11.5. The first-order valence-electron chi connectivity index (χ1n) is 7.87. The van der Waals surface area contributed by atoms with Crippen molar-refractivity contribution in [3.63, 3.8) is 0 Å². The number of benzene rings is 2. The molecule has 1 amide bonds. The van der Waals surface area contributed by atoms with Crippen molar-refractivity contribution in [2.45, 2.75) is 18.9 Å². The van der Waals surface area contributed by atoms with Crippen LogP contribution in [0.3, 0.4) is 0 Å². The average Bonchev–Trinajstić information content (AvgIpc) is 2.63. The summed E-state index contributed by atoms with van der Waals surface area (Å²) >= 11 is 0. The van der Waals surface area contributed by atoms with E-state index in [-0.39, 0.29) is 18.4 Å². The van der Waals surface area contributed by atoms with E-state index in [4.69, 9.17) is 9.47 Å². The molecule has 0 bridgehead atoms. The van der Waals surface area contributed by atoms with Crippen molar-refractivity contribution >= 4 is 11.9 Å². The standard InChI is InChI=1S/C19H19F2NO4/c1-25-15-5-3-4-12(8-15)9-17(19(24)26-2)22-18(23)10-13-6-7-14(20)11-16(13)21/h3-8,11,17H,9-10H2,1-2H3,(H,22,23)/t17-/m0/s1. The Morgan fingerprint density at radius 1 is 1.12 bits per heavy atom. The third kappa shape index (κ3) is 5.27. The van der Waals surface area contributed by atoms with Crippen LogP contribution in [0.4, 0.5) is 8.78 Å². The van der Waals surface area contributed by atoms with Crippen LogP contribution in [-0.4, -0.2) is 32.1 Å². The van der Waals surface area contributed by atoms with E-state index >= 15 is 0 Å². The third-order valence-corrected chi connectivity index (χ3v) is 3.76. The number of hydrogen-bond acceptors (Lipinski definition) is 4. The van der Waals surface area contributed by atoms with Crippen LogP contribution in [0.25, 0.3) is 0 Å². The zero-order valence-electron chi connectivity index (χ0n) is 14.4. The lowest BCUT2D eigenvalue weighted by atomic mass is 10.0. The van der Waals surface area contributed by atoms with Gasteiger partial charge in [0.15, 0.2) is 0 Å². The second kappa shape index (κ2) is 8.94. The molecule has 26 heavy (non-hydrogen) atoms. The quantitative estimate of drug-likeness (QED) is 0.768. The van der Waals surface area contributed by atoms with Crippen molar-refractivity contribution in [2.24, 2.45) is 0 Å². The Morgan fingerprint density at radius 2 is 1.88 bits per heavy atom. The summed E-state index contributed by atoms with van der Waals surface area (Å²) in [5.74, 6) is -2.12. The van der Waals surface area contributed by atoms with Gasteiger partial charge >= 0.3 is 5.97 Å². The smallest absolute Gasteiger partial charge is 0.328 e. The minimum Gasteiger partial charge on any atom is -0.497 e. The molecule has 0 aromatic heterocycles. The molecule has 0 fully saturated rings. The van der Waals surface area contributed by atoms with Crippen LogP contribution in [0.2, 0.25) is 0 Å². The molecule has 0 radical (unpaired) electrons. The summed E-state index contributed by atoms with van der Waals surface area (Å²) in [6.45, 7) is 0. The highest BCUT2D eigenvalue weighted by molar-refractivity contribution is 5.85. The summed E-state index contributed by atoms with van der Waals surface area (Å²) in [5.41, 5.74) is 0.793. The molecule has 0 saturated heterocycles. The maximum atomic E-state index is 13.7. The largest absolute Gasteiger partial charge is 0.497 e. The van der Waals surface area contributed by atoms with E-state index in [2.05, 4.69) is 5.32 Å². The van der Waals surface area contributed by atoms with Crippen LogP contribution in [-0.2, 0) is 27.2 Å². The molecule has 0 aliphatic heterocycles. The lowest BCUT2D eigenvalue weighted by Crippen LogP contribution is -2.43. The topological polar surface area (TPSA) is 64.6 Å². The van der Waals surface area contributed by atoms with Gasteiger partial charge in [0, 0.05) is 12.5 Å². The number of carbonyl (C=O) groups is 2. The van der Waals surface area contributed by atoms with Crippen molar-refractivity contribution in [1.82, 2.24) is 5.32 Å². The fraction of sp³-hybridized carbons (Fsp3) is 0.263. The van der Waals surface area contributed by atoms with Gasteiger partial charge in [0.05, 0.1) is 20.6 Å². The molecule has 1 atom stereocenters. The van der Waals surface area contributed by atoms with Crippen molar-refractivity contribution < 1.29 is 27.8 Å². The number of esters is 1. The van der Waals surface area contributed by atoms with Crippen molar-refractivity contribution in [3.8, 4) is 5.75 Å². The van der Waals surface area contributed by atoms with Gasteiger partial charge in [0.1, 0.15) is 23.4 Å². The first-order chi connectivity index (χ1) is 12.4. The minimum atomic E-state index is -0.942. The molecule has 138 valence electrons. The molecule has 2 aromatic rings. The summed E-state index contributed by atoms with van der Waals surface area (Å²) in [7, 11) is 2.74. The molecule has 1 N–H and O–H groups in total. The minimum absolute atomic E-state index is 0.0360. The number of hydrogen-bond donors (Lipinski definition) is 1. The number of ether oxygens (including phenoxy) is 2. The molecule has 0 unspecified atom stereocenters. The fourth-order valence-corrected chi connectivity index (χ4v) is 2.45. The highest BCUT2D eigenvalue weighted by Gasteiger charge is 2.22. The van der Waals surface area contributed by atoms with Gasteiger partial charge in [-0.15, -0.1) is 0 Å². The molecule has 0 saturated carbocycles. The monoisotopic (exact) mass is 363 g/mol. The van der Waals surface area contributed by atoms with E-state index in [1.165, 1.54) is 20.3 Å². The molecule has 0 aliphatic rings. The lowest BCUT2D eigenvalue weighted by molar-refractivity contribution is -0.145. The van der Waals surface area contributed by atoms with Gasteiger partial charge in [-0.05, 0) is 29.3 Å². The maximum absolute atomic E-state index is 13.7. The Bertz CT molecular complexity index is 795. The highest BCUT2D eigenvalue weighted by atomic mass is 19.1. The number of methoxy groups -OCH3 is 2. The van der Waals surface area contributed by atoms with E-state index < -0.39 is 29.6 Å². The molecular formula is C19H19F2NO4. The number of rotatable bonds is 7. The second-order valence-corrected chi connectivity index (χ2v) is 5.61. The van der Waals surface area contributed by atoms with Gasteiger partial charge in [-0.2, -0.15) is 0 Å². The van der Waals surface area contributed by atoms with E-state index in [9.17, 15) is 18.4 Å². The zero-order valence-corrected chi connectivity index (χ0v) is 14.4. The van der Waals surface area contributed by atoms with E-state index in [0.29, 0.717) is 11.8 Å². The molecule has 5 nitrogen and oxygen atoms in total. The Balaban J connectivity index is 2.09. The van der Waals surface area contributed by atoms with Crippen molar-refractivity contribution in [3.05, 3.63) is 65.2 Å². The van der Waals surface area contributed by atoms with Crippen LogP contribution < -0.4 is 10.1 Å². The zero-order chi connectivity index (χ0) is 19.1. The highest BCUT2D eigenvalue weighted by Crippen LogP contribution is 2.15. The molecule has 2 aromatic carbocycles. The SMILES string of the molecule is COC(=O)[C@H](Cc1cccc(OC)c1)NC(=O)Cc1ccc(F)cc1F. The predicted octanol–water partition coefficient (Wildman–Crippen LogP) is 2.42. The van der Waals surface area contributed by atoms with Crippen LogP contribution in [0, 0.1) is 11.6 Å². The summed E-state index contributed by atoms with van der Waals surface area (Å²) < 4.78 is 36.5. The van der Waals surface area contributed by atoms with Crippen molar-refractivity contribution in [1.29, 1.82) is 0 Å². The number of carbonyl (C=O) groups excluding carboxylic acids is 2. The molecule has 2 rings (SSSR count). The van der Waals surface area contributed by atoms with E-state index in [1.807, 2.05) is 0 Å². The molecule has 0 heterocycles. The van der Waals surface area contributed by atoms with Crippen LogP contribution in [0.5, 0.6) is 5.75 Å². The number of halogens is 2. The lowest BCUT2D eigenvalue weighted by Gasteiger charge is -2.17. The Kier molecular flexibility index (Phi) is 6.66. The van der Waals surface area contributed by atoms with Gasteiger partial charge in [-0.25, -0.2) is 13.6 Å². The van der Waals surface area contributed by atoms with E-state index in [0.717, 1.165) is 11.6 Å². The van der Waals surface area contributed by atoms with E-state index in [1.54, 1.807) is 24.3 Å². The second-order valence-electron chi connectivity index (χ2n) is 5.61. The van der Waals surface area contributed by atoms with Crippen LogP contribution in [0.15, 0.2) is 42.5 Å². The number of amides is 1. The molecular weight excluding hydrogens is 344 g/mol. The predicted molar refractivity (Wildman–Crippen MR) is 90.7 cm³/mol. The summed E-state index contributed by atoms with van der Waals surface area (Å²) in [5, 5.41) is 2.53. The fourth-order valence-electron chi connectivity index (χ4n) is 2.45. The Hall–Kier alpha value is -2.96. The van der Waals surface area contributed by atoms with Gasteiger partial charge in [-0.1, -0.05) is 18.2 Å². The third-order valence-electron chi connectivity index (χ3n) is 3.76. The average molecular weight is 363 g/mol. The molecule has 0 aliphatic carbocycles. The summed E-state index contributed by atoms with van der Waals surface area (Å²) in [6.07, 6.45) is -0.140. The summed E-state index contributed by atoms with van der Waals surface area (Å²) in [4.78, 5) is 24.2. The first-order valence-corrected chi connectivity index (χ1v) is 7.87. The van der Waals surface area contributed by atoms with Gasteiger partial charge in [0.25, 0.3) is 0 Å².